The van der Waals surface area contributed by atoms with Gasteiger partial charge in [-0.05, 0) is 59.2 Å². The number of para-hydroxylation sites is 1. The average molecular weight is 308 g/mol. The lowest BCUT2D eigenvalue weighted by atomic mass is 9.91. The number of hydrogen-bond acceptors (Lipinski definition) is 1. The van der Waals surface area contributed by atoms with Crippen LogP contribution in [0.15, 0.2) is 78.9 Å². The van der Waals surface area contributed by atoms with Crippen molar-refractivity contribution in [3.05, 3.63) is 84.4 Å². The molecule has 5 rings (SSSR count). The minimum absolute atomic E-state index is 0.914. The molecule has 0 spiro atoms. The lowest BCUT2D eigenvalue weighted by Crippen LogP contribution is -1.86. The molecular weight excluding hydrogens is 292 g/mol. The van der Waals surface area contributed by atoms with Crippen molar-refractivity contribution >= 4 is 10.8 Å². The van der Waals surface area contributed by atoms with Gasteiger partial charge in [-0.3, -0.25) is 0 Å². The van der Waals surface area contributed by atoms with E-state index in [9.17, 15) is 0 Å². The Bertz CT molecular complexity index is 1090. The number of aryl methyl sites for hydroxylation is 1. The molecule has 24 heavy (non-hydrogen) atoms. The maximum atomic E-state index is 6.27. The molecular formula is C23H16O. The molecule has 0 N–H and O–H groups in total. The van der Waals surface area contributed by atoms with Gasteiger partial charge in [-0.1, -0.05) is 54.1 Å². The SMILES string of the molecule is Cc1ccc2c(c1)-c1cc3ccccc3cc1-c1ccccc1O2. The number of hydrogen-bond donors (Lipinski definition) is 0. The van der Waals surface area contributed by atoms with E-state index in [1.807, 2.05) is 12.1 Å². The van der Waals surface area contributed by atoms with E-state index in [4.69, 9.17) is 4.74 Å². The van der Waals surface area contributed by atoms with Crippen molar-refractivity contribution in [3.63, 3.8) is 0 Å². The van der Waals surface area contributed by atoms with Crippen LogP contribution in [0.25, 0.3) is 33.0 Å². The van der Waals surface area contributed by atoms with Crippen LogP contribution < -0.4 is 4.74 Å². The molecule has 0 fully saturated rings. The fourth-order valence-electron chi connectivity index (χ4n) is 3.53. The summed E-state index contributed by atoms with van der Waals surface area (Å²) in [5.41, 5.74) is 6.01. The average Bonchev–Trinajstić information content (AvgIpc) is 2.75. The van der Waals surface area contributed by atoms with E-state index in [0.717, 1.165) is 22.6 Å². The molecule has 0 bridgehead atoms. The summed E-state index contributed by atoms with van der Waals surface area (Å²) in [6, 6.07) is 27.8. The van der Waals surface area contributed by atoms with Crippen LogP contribution in [0.1, 0.15) is 5.56 Å². The van der Waals surface area contributed by atoms with Gasteiger partial charge < -0.3 is 4.74 Å². The van der Waals surface area contributed by atoms with E-state index in [1.165, 1.54) is 27.5 Å². The third-order valence-corrected chi connectivity index (χ3v) is 4.71. The van der Waals surface area contributed by atoms with Gasteiger partial charge in [-0.15, -0.1) is 0 Å². The van der Waals surface area contributed by atoms with Gasteiger partial charge in [-0.25, -0.2) is 0 Å². The molecule has 1 aliphatic heterocycles. The molecule has 0 saturated carbocycles. The summed E-state index contributed by atoms with van der Waals surface area (Å²) < 4.78 is 6.27. The lowest BCUT2D eigenvalue weighted by molar-refractivity contribution is 0.487. The maximum Gasteiger partial charge on any atom is 0.135 e. The molecule has 0 saturated heterocycles. The largest absolute Gasteiger partial charge is 0.456 e. The Morgan fingerprint density at radius 1 is 0.542 bits per heavy atom. The molecule has 1 aliphatic rings. The molecule has 1 heteroatoms. The summed E-state index contributed by atoms with van der Waals surface area (Å²) in [6.07, 6.45) is 0. The molecule has 114 valence electrons. The van der Waals surface area contributed by atoms with Crippen LogP contribution >= 0.6 is 0 Å². The second-order valence-corrected chi connectivity index (χ2v) is 6.34. The molecule has 1 heterocycles. The first-order valence-electron chi connectivity index (χ1n) is 8.21. The monoisotopic (exact) mass is 308 g/mol. The second-order valence-electron chi connectivity index (χ2n) is 6.34. The van der Waals surface area contributed by atoms with Gasteiger partial charge in [0.15, 0.2) is 0 Å². The zero-order valence-corrected chi connectivity index (χ0v) is 13.4. The number of rotatable bonds is 0. The van der Waals surface area contributed by atoms with Crippen molar-refractivity contribution in [1.82, 2.24) is 0 Å². The minimum Gasteiger partial charge on any atom is -0.456 e. The maximum absolute atomic E-state index is 6.27. The first-order chi connectivity index (χ1) is 11.8. The zero-order chi connectivity index (χ0) is 16.1. The van der Waals surface area contributed by atoms with Crippen molar-refractivity contribution in [2.45, 2.75) is 6.92 Å². The van der Waals surface area contributed by atoms with Gasteiger partial charge in [0.25, 0.3) is 0 Å². The highest BCUT2D eigenvalue weighted by atomic mass is 16.5. The van der Waals surface area contributed by atoms with Crippen LogP contribution in [0.5, 0.6) is 11.5 Å². The van der Waals surface area contributed by atoms with Crippen molar-refractivity contribution in [3.8, 4) is 33.8 Å². The number of benzene rings is 4. The Morgan fingerprint density at radius 3 is 1.96 bits per heavy atom. The molecule has 1 nitrogen and oxygen atoms in total. The summed E-state index contributed by atoms with van der Waals surface area (Å²) in [5.74, 6) is 1.83. The van der Waals surface area contributed by atoms with Gasteiger partial charge in [-0.2, -0.15) is 0 Å². The van der Waals surface area contributed by atoms with Gasteiger partial charge >= 0.3 is 0 Å². The summed E-state index contributed by atoms with van der Waals surface area (Å²) in [7, 11) is 0. The number of fused-ring (bicyclic) bond motifs is 6. The Kier molecular flexibility index (Phi) is 2.77. The molecule has 0 aromatic heterocycles. The minimum atomic E-state index is 0.914. The topological polar surface area (TPSA) is 9.23 Å². The Labute approximate surface area is 141 Å². The molecule has 0 atom stereocenters. The standard InChI is InChI=1S/C23H16O/c1-15-10-11-23-21(12-15)20-14-17-7-3-2-6-16(17)13-19(20)18-8-4-5-9-22(18)24-23/h2-14H,1H3. The van der Waals surface area contributed by atoms with Gasteiger partial charge in [0.05, 0.1) is 0 Å². The lowest BCUT2D eigenvalue weighted by Gasteiger charge is -2.11. The van der Waals surface area contributed by atoms with Crippen molar-refractivity contribution in [2.75, 3.05) is 0 Å². The van der Waals surface area contributed by atoms with Crippen molar-refractivity contribution in [1.29, 1.82) is 0 Å². The van der Waals surface area contributed by atoms with Crippen LogP contribution in [0.3, 0.4) is 0 Å². The highest BCUT2D eigenvalue weighted by Gasteiger charge is 2.21. The highest BCUT2D eigenvalue weighted by Crippen LogP contribution is 2.47. The van der Waals surface area contributed by atoms with E-state index in [2.05, 4.69) is 73.7 Å². The quantitative estimate of drug-likeness (QED) is 0.313. The fourth-order valence-corrected chi connectivity index (χ4v) is 3.53. The van der Waals surface area contributed by atoms with Crippen LogP contribution in [0.4, 0.5) is 0 Å². The summed E-state index contributed by atoms with van der Waals surface area (Å²) in [4.78, 5) is 0. The van der Waals surface area contributed by atoms with Crippen LogP contribution in [-0.2, 0) is 0 Å². The Hall–Kier alpha value is -3.06. The summed E-state index contributed by atoms with van der Waals surface area (Å²) in [5, 5.41) is 2.50. The molecule has 4 aromatic carbocycles. The van der Waals surface area contributed by atoms with Gasteiger partial charge in [0.2, 0.25) is 0 Å². The third kappa shape index (κ3) is 1.95. The van der Waals surface area contributed by atoms with Crippen LogP contribution in [0, 0.1) is 6.92 Å². The predicted octanol–water partition coefficient (Wildman–Crippen LogP) is 6.59. The Balaban J connectivity index is 1.95. The van der Waals surface area contributed by atoms with E-state index >= 15 is 0 Å². The van der Waals surface area contributed by atoms with E-state index in [0.29, 0.717) is 0 Å². The van der Waals surface area contributed by atoms with Gasteiger partial charge in [0.1, 0.15) is 11.5 Å². The molecule has 0 radical (unpaired) electrons. The molecule has 4 aromatic rings. The summed E-state index contributed by atoms with van der Waals surface area (Å²) >= 11 is 0. The zero-order valence-electron chi connectivity index (χ0n) is 13.4. The molecule has 0 unspecified atom stereocenters. The van der Waals surface area contributed by atoms with E-state index in [1.54, 1.807) is 0 Å². The van der Waals surface area contributed by atoms with Crippen molar-refractivity contribution in [2.24, 2.45) is 0 Å². The highest BCUT2D eigenvalue weighted by molar-refractivity contribution is 5.99. The van der Waals surface area contributed by atoms with Gasteiger partial charge in [0, 0.05) is 11.1 Å². The van der Waals surface area contributed by atoms with Crippen LogP contribution in [-0.4, -0.2) is 0 Å². The Morgan fingerprint density at radius 2 is 1.17 bits per heavy atom. The first-order valence-corrected chi connectivity index (χ1v) is 8.21. The first kappa shape index (κ1) is 13.4. The smallest absolute Gasteiger partial charge is 0.135 e. The van der Waals surface area contributed by atoms with Crippen molar-refractivity contribution < 1.29 is 4.74 Å². The summed E-state index contributed by atoms with van der Waals surface area (Å²) in [6.45, 7) is 2.12. The number of ether oxygens (including phenoxy) is 1. The normalized spacial score (nSPS) is 11.9. The molecule has 0 aliphatic carbocycles. The van der Waals surface area contributed by atoms with E-state index in [-0.39, 0.29) is 0 Å². The second kappa shape index (κ2) is 4.97. The van der Waals surface area contributed by atoms with Crippen LogP contribution in [0.2, 0.25) is 0 Å². The predicted molar refractivity (Wildman–Crippen MR) is 99.6 cm³/mol. The third-order valence-electron chi connectivity index (χ3n) is 4.71. The van der Waals surface area contributed by atoms with E-state index < -0.39 is 0 Å². The fraction of sp³-hybridized carbons (Fsp3) is 0.0435. The molecule has 0 amide bonds.